The number of aromatic nitrogens is 3. The first-order chi connectivity index (χ1) is 7.20. The van der Waals surface area contributed by atoms with Crippen molar-refractivity contribution in [1.29, 1.82) is 0 Å². The standard InChI is InChI=1S/C10H12BrN3O/c1-7-4-12-10(15-7)8(2)14-5-9(3-11)13-6-14/h4-6,8H,3H2,1-2H3. The molecule has 5 heteroatoms. The second-order valence-electron chi connectivity index (χ2n) is 3.43. The Labute approximate surface area is 96.5 Å². The zero-order valence-electron chi connectivity index (χ0n) is 8.64. The number of aryl methyl sites for hydroxylation is 1. The Morgan fingerprint density at radius 2 is 2.33 bits per heavy atom. The van der Waals surface area contributed by atoms with E-state index in [-0.39, 0.29) is 6.04 Å². The van der Waals surface area contributed by atoms with Gasteiger partial charge in [-0.2, -0.15) is 0 Å². The van der Waals surface area contributed by atoms with Crippen molar-refractivity contribution in [1.82, 2.24) is 14.5 Å². The molecule has 15 heavy (non-hydrogen) atoms. The quantitative estimate of drug-likeness (QED) is 0.805. The monoisotopic (exact) mass is 269 g/mol. The molecular formula is C10H12BrN3O. The highest BCUT2D eigenvalue weighted by atomic mass is 79.9. The van der Waals surface area contributed by atoms with E-state index in [4.69, 9.17) is 4.42 Å². The van der Waals surface area contributed by atoms with Gasteiger partial charge in [0.25, 0.3) is 0 Å². The van der Waals surface area contributed by atoms with Crippen LogP contribution in [0.1, 0.15) is 30.3 Å². The number of rotatable bonds is 3. The molecule has 0 N–H and O–H groups in total. The van der Waals surface area contributed by atoms with Crippen LogP contribution < -0.4 is 0 Å². The highest BCUT2D eigenvalue weighted by Crippen LogP contribution is 2.18. The molecule has 1 atom stereocenters. The Balaban J connectivity index is 2.23. The molecule has 0 spiro atoms. The van der Waals surface area contributed by atoms with E-state index in [1.807, 2.05) is 24.6 Å². The Morgan fingerprint density at radius 3 is 2.87 bits per heavy atom. The number of halogens is 1. The van der Waals surface area contributed by atoms with Crippen molar-refractivity contribution in [2.45, 2.75) is 25.2 Å². The second-order valence-corrected chi connectivity index (χ2v) is 3.99. The molecule has 2 heterocycles. The molecule has 0 amide bonds. The minimum atomic E-state index is 0.0824. The van der Waals surface area contributed by atoms with Gasteiger partial charge in [0.1, 0.15) is 11.8 Å². The molecular weight excluding hydrogens is 258 g/mol. The number of hydrogen-bond acceptors (Lipinski definition) is 3. The molecule has 0 bridgehead atoms. The van der Waals surface area contributed by atoms with Gasteiger partial charge in [0, 0.05) is 11.5 Å². The fourth-order valence-electron chi connectivity index (χ4n) is 1.35. The van der Waals surface area contributed by atoms with Crippen molar-refractivity contribution in [3.63, 3.8) is 0 Å². The molecule has 0 fully saturated rings. The summed E-state index contributed by atoms with van der Waals surface area (Å²) < 4.78 is 7.46. The maximum absolute atomic E-state index is 5.47. The van der Waals surface area contributed by atoms with Crippen LogP contribution in [0.25, 0.3) is 0 Å². The van der Waals surface area contributed by atoms with E-state index >= 15 is 0 Å². The van der Waals surface area contributed by atoms with E-state index in [1.165, 1.54) is 0 Å². The summed E-state index contributed by atoms with van der Waals surface area (Å²) in [4.78, 5) is 8.43. The van der Waals surface area contributed by atoms with E-state index < -0.39 is 0 Å². The Hall–Kier alpha value is -1.10. The lowest BCUT2D eigenvalue weighted by atomic mass is 10.3. The lowest BCUT2D eigenvalue weighted by Crippen LogP contribution is -2.04. The van der Waals surface area contributed by atoms with E-state index in [0.717, 1.165) is 16.8 Å². The van der Waals surface area contributed by atoms with E-state index in [9.17, 15) is 0 Å². The van der Waals surface area contributed by atoms with Gasteiger partial charge in [-0.1, -0.05) is 15.9 Å². The molecule has 0 aromatic carbocycles. The highest BCUT2D eigenvalue weighted by molar-refractivity contribution is 9.08. The number of nitrogens with zero attached hydrogens (tertiary/aromatic N) is 3. The molecule has 2 rings (SSSR count). The lowest BCUT2D eigenvalue weighted by Gasteiger charge is -2.07. The number of alkyl halides is 1. The number of hydrogen-bond donors (Lipinski definition) is 0. The minimum absolute atomic E-state index is 0.0824. The largest absolute Gasteiger partial charge is 0.444 e. The summed E-state index contributed by atoms with van der Waals surface area (Å²) in [7, 11) is 0. The van der Waals surface area contributed by atoms with Gasteiger partial charge in [-0.25, -0.2) is 9.97 Å². The van der Waals surface area contributed by atoms with Gasteiger partial charge in [-0.05, 0) is 13.8 Å². The average Bonchev–Trinajstić information content (AvgIpc) is 2.84. The predicted octanol–water partition coefficient (Wildman–Crippen LogP) is 2.68. The van der Waals surface area contributed by atoms with Crippen molar-refractivity contribution < 1.29 is 4.42 Å². The van der Waals surface area contributed by atoms with Gasteiger partial charge in [0.05, 0.1) is 18.2 Å². The third-order valence-corrected chi connectivity index (χ3v) is 2.81. The Kier molecular flexibility index (Phi) is 2.90. The van der Waals surface area contributed by atoms with Gasteiger partial charge in [-0.15, -0.1) is 0 Å². The summed E-state index contributed by atoms with van der Waals surface area (Å²) in [5, 5.41) is 0.761. The zero-order chi connectivity index (χ0) is 10.8. The molecule has 1 unspecified atom stereocenters. The van der Waals surface area contributed by atoms with Crippen molar-refractivity contribution in [3.8, 4) is 0 Å². The van der Waals surface area contributed by atoms with E-state index in [1.54, 1.807) is 12.5 Å². The summed E-state index contributed by atoms with van der Waals surface area (Å²) in [6, 6.07) is 0.0824. The maximum Gasteiger partial charge on any atom is 0.217 e. The van der Waals surface area contributed by atoms with E-state index in [2.05, 4.69) is 25.9 Å². The van der Waals surface area contributed by atoms with Crippen molar-refractivity contribution >= 4 is 15.9 Å². The van der Waals surface area contributed by atoms with Gasteiger partial charge in [-0.3, -0.25) is 0 Å². The van der Waals surface area contributed by atoms with Crippen LogP contribution in [0.2, 0.25) is 0 Å². The first kappa shape index (κ1) is 10.4. The maximum atomic E-state index is 5.47. The topological polar surface area (TPSA) is 43.9 Å². The second kappa shape index (κ2) is 4.18. The third kappa shape index (κ3) is 2.12. The van der Waals surface area contributed by atoms with Crippen LogP contribution in [0.4, 0.5) is 0 Å². The van der Waals surface area contributed by atoms with Crippen LogP contribution in [-0.4, -0.2) is 14.5 Å². The fourth-order valence-corrected chi connectivity index (χ4v) is 1.64. The van der Waals surface area contributed by atoms with Gasteiger partial charge < -0.3 is 8.98 Å². The number of imidazole rings is 1. The van der Waals surface area contributed by atoms with Gasteiger partial charge >= 0.3 is 0 Å². The normalized spacial score (nSPS) is 13.0. The zero-order valence-corrected chi connectivity index (χ0v) is 10.2. The van der Waals surface area contributed by atoms with Gasteiger partial charge in [0.15, 0.2) is 0 Å². The SMILES string of the molecule is Cc1cnc(C(C)n2cnc(CBr)c2)o1. The Morgan fingerprint density at radius 1 is 1.53 bits per heavy atom. The molecule has 0 saturated carbocycles. The highest BCUT2D eigenvalue weighted by Gasteiger charge is 2.13. The third-order valence-electron chi connectivity index (χ3n) is 2.24. The van der Waals surface area contributed by atoms with Crippen LogP contribution in [0.5, 0.6) is 0 Å². The molecule has 80 valence electrons. The van der Waals surface area contributed by atoms with Crippen LogP contribution >= 0.6 is 15.9 Å². The van der Waals surface area contributed by atoms with Crippen molar-refractivity contribution in [2.75, 3.05) is 0 Å². The van der Waals surface area contributed by atoms with Gasteiger partial charge in [0.2, 0.25) is 5.89 Å². The molecule has 2 aromatic heterocycles. The first-order valence-corrected chi connectivity index (χ1v) is 5.83. The Bertz CT molecular complexity index is 449. The average molecular weight is 270 g/mol. The molecule has 0 radical (unpaired) electrons. The summed E-state index contributed by atoms with van der Waals surface area (Å²) in [6.45, 7) is 3.92. The summed E-state index contributed by atoms with van der Waals surface area (Å²) in [6.07, 6.45) is 5.51. The van der Waals surface area contributed by atoms with Crippen LogP contribution in [-0.2, 0) is 5.33 Å². The molecule has 0 aliphatic heterocycles. The first-order valence-electron chi connectivity index (χ1n) is 4.71. The molecule has 0 aliphatic carbocycles. The van der Waals surface area contributed by atoms with E-state index in [0.29, 0.717) is 5.89 Å². The molecule has 2 aromatic rings. The minimum Gasteiger partial charge on any atom is -0.444 e. The van der Waals surface area contributed by atoms with Crippen molar-refractivity contribution in [2.24, 2.45) is 0 Å². The van der Waals surface area contributed by atoms with Crippen LogP contribution in [0, 0.1) is 6.92 Å². The summed E-state index contributed by atoms with van der Waals surface area (Å²) >= 11 is 3.37. The molecule has 0 saturated heterocycles. The smallest absolute Gasteiger partial charge is 0.217 e. The predicted molar refractivity (Wildman–Crippen MR) is 59.9 cm³/mol. The van der Waals surface area contributed by atoms with Crippen molar-refractivity contribution in [3.05, 3.63) is 36.1 Å². The van der Waals surface area contributed by atoms with Crippen LogP contribution in [0.3, 0.4) is 0 Å². The summed E-state index contributed by atoms with van der Waals surface area (Å²) in [5.41, 5.74) is 1.00. The lowest BCUT2D eigenvalue weighted by molar-refractivity contribution is 0.415. The van der Waals surface area contributed by atoms with Crippen LogP contribution in [0.15, 0.2) is 23.1 Å². The fraction of sp³-hybridized carbons (Fsp3) is 0.400. The molecule has 0 aliphatic rings. The molecule has 4 nitrogen and oxygen atoms in total. The summed E-state index contributed by atoms with van der Waals surface area (Å²) in [5.74, 6) is 1.55. The number of oxazole rings is 1.